The van der Waals surface area contributed by atoms with Gasteiger partial charge < -0.3 is 10.4 Å². The van der Waals surface area contributed by atoms with Crippen LogP contribution in [0.1, 0.15) is 49.8 Å². The van der Waals surface area contributed by atoms with Crippen LogP contribution >= 0.6 is 0 Å². The van der Waals surface area contributed by atoms with Crippen molar-refractivity contribution in [3.05, 3.63) is 35.4 Å². The highest BCUT2D eigenvalue weighted by atomic mass is 16.3. The van der Waals surface area contributed by atoms with Crippen LogP contribution in [0.2, 0.25) is 0 Å². The maximum absolute atomic E-state index is 12.2. The van der Waals surface area contributed by atoms with Crippen LogP contribution in [0.3, 0.4) is 0 Å². The second-order valence-electron chi connectivity index (χ2n) is 6.98. The van der Waals surface area contributed by atoms with Gasteiger partial charge in [0, 0.05) is 6.04 Å². The van der Waals surface area contributed by atoms with Gasteiger partial charge in [0.1, 0.15) is 0 Å². The van der Waals surface area contributed by atoms with Gasteiger partial charge in [-0.3, -0.25) is 10.1 Å². The average Bonchev–Trinajstić information content (AvgIpc) is 3.47. The molecule has 2 fully saturated rings. The fourth-order valence-corrected chi connectivity index (χ4v) is 3.26. The molecule has 0 aliphatic heterocycles. The van der Waals surface area contributed by atoms with Crippen molar-refractivity contribution < 1.29 is 9.90 Å². The number of hydrogen-bond donors (Lipinski definition) is 3. The van der Waals surface area contributed by atoms with E-state index in [1.807, 2.05) is 12.1 Å². The first kappa shape index (κ1) is 16.5. The molecule has 0 radical (unpaired) electrons. The van der Waals surface area contributed by atoms with E-state index in [0.717, 1.165) is 12.0 Å². The molecular weight excluding hydrogens is 288 g/mol. The minimum absolute atomic E-state index is 0.00652. The minimum Gasteiger partial charge on any atom is -0.394 e. The van der Waals surface area contributed by atoms with Crippen molar-refractivity contribution >= 4 is 5.91 Å². The first-order valence-electron chi connectivity index (χ1n) is 8.93. The first-order chi connectivity index (χ1) is 11.2. The standard InChI is InChI=1S/C19H28N2O2/c1-2-13-3-5-14(6-4-13)17(12-22)20-11-18(23)21-19(15-7-8-15)16-9-10-16/h3-6,15-17,19-20,22H,2,7-12H2,1H3,(H,21,23). The highest BCUT2D eigenvalue weighted by Crippen LogP contribution is 2.44. The summed E-state index contributed by atoms with van der Waals surface area (Å²) in [6.45, 7) is 2.38. The Morgan fingerprint density at radius 1 is 1.17 bits per heavy atom. The molecule has 0 aromatic heterocycles. The van der Waals surface area contributed by atoms with Crippen molar-refractivity contribution in [1.29, 1.82) is 0 Å². The van der Waals surface area contributed by atoms with Crippen LogP contribution in [0.4, 0.5) is 0 Å². The maximum Gasteiger partial charge on any atom is 0.234 e. The maximum atomic E-state index is 12.2. The summed E-state index contributed by atoms with van der Waals surface area (Å²) in [5.74, 6) is 1.47. The molecule has 2 aliphatic carbocycles. The van der Waals surface area contributed by atoms with Crippen LogP contribution in [0.25, 0.3) is 0 Å². The van der Waals surface area contributed by atoms with Crippen LogP contribution in [0.15, 0.2) is 24.3 Å². The third kappa shape index (κ3) is 4.55. The van der Waals surface area contributed by atoms with Gasteiger partial charge in [0.15, 0.2) is 0 Å². The summed E-state index contributed by atoms with van der Waals surface area (Å²) in [4.78, 5) is 12.2. The van der Waals surface area contributed by atoms with Gasteiger partial charge in [-0.25, -0.2) is 0 Å². The monoisotopic (exact) mass is 316 g/mol. The lowest BCUT2D eigenvalue weighted by Crippen LogP contribution is -2.43. The highest BCUT2D eigenvalue weighted by Gasteiger charge is 2.42. The van der Waals surface area contributed by atoms with E-state index in [-0.39, 0.29) is 25.1 Å². The average molecular weight is 316 g/mol. The smallest absolute Gasteiger partial charge is 0.234 e. The molecule has 1 unspecified atom stereocenters. The molecule has 4 nitrogen and oxygen atoms in total. The summed E-state index contributed by atoms with van der Waals surface area (Å²) in [7, 11) is 0. The second-order valence-corrected chi connectivity index (χ2v) is 6.98. The van der Waals surface area contributed by atoms with Crippen molar-refractivity contribution in [3.63, 3.8) is 0 Å². The van der Waals surface area contributed by atoms with Crippen LogP contribution in [0, 0.1) is 11.8 Å². The van der Waals surface area contributed by atoms with E-state index in [1.54, 1.807) is 0 Å². The van der Waals surface area contributed by atoms with E-state index in [9.17, 15) is 9.90 Å². The van der Waals surface area contributed by atoms with E-state index < -0.39 is 0 Å². The van der Waals surface area contributed by atoms with Gasteiger partial charge in [0.2, 0.25) is 5.91 Å². The predicted molar refractivity (Wildman–Crippen MR) is 91.0 cm³/mol. The Labute approximate surface area is 138 Å². The molecule has 2 aliphatic rings. The van der Waals surface area contributed by atoms with Crippen LogP contribution in [-0.4, -0.2) is 30.2 Å². The molecular formula is C19H28N2O2. The quantitative estimate of drug-likeness (QED) is 0.654. The first-order valence-corrected chi connectivity index (χ1v) is 8.93. The zero-order valence-electron chi connectivity index (χ0n) is 13.9. The van der Waals surface area contributed by atoms with Crippen molar-refractivity contribution in [2.75, 3.05) is 13.2 Å². The molecule has 0 heterocycles. The van der Waals surface area contributed by atoms with Gasteiger partial charge in [0.25, 0.3) is 0 Å². The number of benzene rings is 1. The Kier molecular flexibility index (Phi) is 5.34. The fraction of sp³-hybridized carbons (Fsp3) is 0.632. The fourth-order valence-electron chi connectivity index (χ4n) is 3.26. The molecule has 1 atom stereocenters. The molecule has 126 valence electrons. The van der Waals surface area contributed by atoms with Crippen molar-refractivity contribution in [1.82, 2.24) is 10.6 Å². The molecule has 1 aromatic rings. The van der Waals surface area contributed by atoms with Gasteiger partial charge in [-0.1, -0.05) is 31.2 Å². The van der Waals surface area contributed by atoms with Crippen LogP contribution in [-0.2, 0) is 11.2 Å². The number of aliphatic hydroxyl groups excluding tert-OH is 1. The van der Waals surface area contributed by atoms with Crippen LogP contribution in [0.5, 0.6) is 0 Å². The topological polar surface area (TPSA) is 61.4 Å². The summed E-state index contributed by atoms with van der Waals surface area (Å²) in [6, 6.07) is 8.42. The molecule has 2 saturated carbocycles. The normalized spacial score (nSPS) is 18.9. The van der Waals surface area contributed by atoms with Gasteiger partial charge in [-0.2, -0.15) is 0 Å². The summed E-state index contributed by atoms with van der Waals surface area (Å²) < 4.78 is 0. The number of carbonyl (C=O) groups excluding carboxylic acids is 1. The zero-order chi connectivity index (χ0) is 16.2. The molecule has 0 spiro atoms. The SMILES string of the molecule is CCc1ccc(C(CO)NCC(=O)NC(C2CC2)C2CC2)cc1. The Bertz CT molecular complexity index is 509. The lowest BCUT2D eigenvalue weighted by molar-refractivity contribution is -0.121. The van der Waals surface area contributed by atoms with E-state index in [1.165, 1.54) is 31.2 Å². The van der Waals surface area contributed by atoms with Gasteiger partial charge in [0.05, 0.1) is 19.2 Å². The van der Waals surface area contributed by atoms with Crippen LogP contribution < -0.4 is 10.6 Å². The summed E-state index contributed by atoms with van der Waals surface area (Å²) in [5.41, 5.74) is 2.30. The number of aryl methyl sites for hydroxylation is 1. The lowest BCUT2D eigenvalue weighted by Gasteiger charge is -2.20. The predicted octanol–water partition coefficient (Wildman–Crippen LogP) is 2.18. The molecule has 1 amide bonds. The van der Waals surface area contributed by atoms with E-state index >= 15 is 0 Å². The third-order valence-electron chi connectivity index (χ3n) is 5.07. The molecule has 0 bridgehead atoms. The zero-order valence-corrected chi connectivity index (χ0v) is 13.9. The van der Waals surface area contributed by atoms with Crippen molar-refractivity contribution in [2.24, 2.45) is 11.8 Å². The molecule has 0 saturated heterocycles. The minimum atomic E-state index is -0.188. The van der Waals surface area contributed by atoms with E-state index in [4.69, 9.17) is 0 Å². The number of amides is 1. The highest BCUT2D eigenvalue weighted by molar-refractivity contribution is 5.78. The number of hydrogen-bond acceptors (Lipinski definition) is 3. The summed E-state index contributed by atoms with van der Waals surface area (Å²) >= 11 is 0. The van der Waals surface area contributed by atoms with E-state index in [0.29, 0.717) is 17.9 Å². The van der Waals surface area contributed by atoms with Gasteiger partial charge in [-0.05, 0) is 55.1 Å². The Hall–Kier alpha value is -1.39. The van der Waals surface area contributed by atoms with Crippen molar-refractivity contribution in [2.45, 2.75) is 51.1 Å². The number of rotatable bonds is 9. The lowest BCUT2D eigenvalue weighted by atomic mass is 10.0. The molecule has 3 N–H and O–H groups in total. The van der Waals surface area contributed by atoms with E-state index in [2.05, 4.69) is 29.7 Å². The Balaban J connectivity index is 1.49. The number of nitrogens with one attached hydrogen (secondary N) is 2. The summed E-state index contributed by atoms with van der Waals surface area (Å²) in [6.07, 6.45) is 6.05. The Morgan fingerprint density at radius 3 is 2.26 bits per heavy atom. The number of aliphatic hydroxyl groups is 1. The molecule has 4 heteroatoms. The van der Waals surface area contributed by atoms with Gasteiger partial charge >= 0.3 is 0 Å². The third-order valence-corrected chi connectivity index (χ3v) is 5.07. The van der Waals surface area contributed by atoms with Crippen molar-refractivity contribution in [3.8, 4) is 0 Å². The number of carbonyl (C=O) groups is 1. The Morgan fingerprint density at radius 2 is 1.78 bits per heavy atom. The van der Waals surface area contributed by atoms with Gasteiger partial charge in [-0.15, -0.1) is 0 Å². The molecule has 1 aromatic carbocycles. The second kappa shape index (κ2) is 7.45. The summed E-state index contributed by atoms with van der Waals surface area (Å²) in [5, 5.41) is 16.0. The molecule has 3 rings (SSSR count). The molecule has 23 heavy (non-hydrogen) atoms. The largest absolute Gasteiger partial charge is 0.394 e.